The molecule has 0 radical (unpaired) electrons. The van der Waals surface area contributed by atoms with E-state index in [0.29, 0.717) is 12.3 Å². The fourth-order valence-electron chi connectivity index (χ4n) is 1.43. The van der Waals surface area contributed by atoms with Gasteiger partial charge in [-0.3, -0.25) is 0 Å². The summed E-state index contributed by atoms with van der Waals surface area (Å²) in [6.07, 6.45) is 0. The van der Waals surface area contributed by atoms with Crippen molar-refractivity contribution in [1.82, 2.24) is 14.8 Å². The normalized spacial score (nSPS) is 10.4. The summed E-state index contributed by atoms with van der Waals surface area (Å²) in [5.41, 5.74) is 6.34. The first-order valence-electron chi connectivity index (χ1n) is 5.00. The number of nitrogen functional groups attached to an aromatic ring is 1. The summed E-state index contributed by atoms with van der Waals surface area (Å²) >= 11 is 0. The van der Waals surface area contributed by atoms with Crippen LogP contribution in [0, 0.1) is 6.92 Å². The fraction of sp³-hybridized carbons (Fsp3) is 0.273. The molecule has 0 aliphatic rings. The number of aromatic nitrogens is 3. The zero-order chi connectivity index (χ0) is 11.5. The van der Waals surface area contributed by atoms with E-state index in [4.69, 9.17) is 10.5 Å². The van der Waals surface area contributed by atoms with Crippen molar-refractivity contribution in [2.24, 2.45) is 7.05 Å². The van der Waals surface area contributed by atoms with E-state index in [1.54, 1.807) is 10.7 Å². The van der Waals surface area contributed by atoms with Gasteiger partial charge in [0.15, 0.2) is 5.82 Å². The molecular formula is C11H14N4O. The Morgan fingerprint density at radius 3 is 2.88 bits per heavy atom. The number of nitrogens with two attached hydrogens (primary N) is 1. The molecule has 0 aliphatic carbocycles. The molecule has 0 bridgehead atoms. The third-order valence-corrected chi connectivity index (χ3v) is 2.19. The lowest BCUT2D eigenvalue weighted by Gasteiger charge is -2.05. The number of ether oxygens (including phenoxy) is 1. The van der Waals surface area contributed by atoms with Crippen molar-refractivity contribution in [3.05, 3.63) is 35.9 Å². The van der Waals surface area contributed by atoms with Gasteiger partial charge in [0, 0.05) is 18.8 Å². The Labute approximate surface area is 93.9 Å². The molecule has 1 aromatic carbocycles. The topological polar surface area (TPSA) is 66.0 Å². The fourth-order valence-corrected chi connectivity index (χ4v) is 1.43. The highest BCUT2D eigenvalue weighted by Crippen LogP contribution is 2.15. The van der Waals surface area contributed by atoms with Crippen molar-refractivity contribution in [2.75, 3.05) is 5.73 Å². The lowest BCUT2D eigenvalue weighted by molar-refractivity contribution is 0.290. The second-order valence-electron chi connectivity index (χ2n) is 3.56. The molecule has 16 heavy (non-hydrogen) atoms. The molecule has 1 aromatic heterocycles. The Balaban J connectivity index is 2.05. The smallest absolute Gasteiger partial charge is 0.164 e. The van der Waals surface area contributed by atoms with E-state index < -0.39 is 0 Å². The van der Waals surface area contributed by atoms with Gasteiger partial charge in [0.25, 0.3) is 0 Å². The Hall–Kier alpha value is -2.04. The summed E-state index contributed by atoms with van der Waals surface area (Å²) in [7, 11) is 1.85. The number of anilines is 1. The van der Waals surface area contributed by atoms with Gasteiger partial charge in [0.2, 0.25) is 0 Å². The minimum Gasteiger partial charge on any atom is -0.486 e. The first kappa shape index (κ1) is 10.5. The largest absolute Gasteiger partial charge is 0.486 e. The highest BCUT2D eigenvalue weighted by molar-refractivity contribution is 5.43. The van der Waals surface area contributed by atoms with Crippen molar-refractivity contribution >= 4 is 5.69 Å². The molecule has 5 nitrogen and oxygen atoms in total. The van der Waals surface area contributed by atoms with E-state index in [0.717, 1.165) is 17.4 Å². The van der Waals surface area contributed by atoms with Crippen LogP contribution in [0.3, 0.4) is 0 Å². The zero-order valence-electron chi connectivity index (χ0n) is 9.34. The average Bonchev–Trinajstić information content (AvgIpc) is 2.54. The van der Waals surface area contributed by atoms with E-state index in [2.05, 4.69) is 10.1 Å². The van der Waals surface area contributed by atoms with Gasteiger partial charge >= 0.3 is 0 Å². The summed E-state index contributed by atoms with van der Waals surface area (Å²) in [6, 6.07) is 7.31. The molecule has 2 aromatic rings. The monoisotopic (exact) mass is 218 g/mol. The average molecular weight is 218 g/mol. The molecule has 0 atom stereocenters. The molecule has 2 rings (SSSR count). The minimum absolute atomic E-state index is 0.390. The zero-order valence-corrected chi connectivity index (χ0v) is 9.34. The number of benzene rings is 1. The van der Waals surface area contributed by atoms with Gasteiger partial charge in [0.05, 0.1) is 0 Å². The molecule has 0 saturated carbocycles. The Bertz CT molecular complexity index is 492. The van der Waals surface area contributed by atoms with Crippen LogP contribution in [0.4, 0.5) is 5.69 Å². The maximum Gasteiger partial charge on any atom is 0.164 e. The van der Waals surface area contributed by atoms with Crippen LogP contribution >= 0.6 is 0 Å². The molecule has 0 fully saturated rings. The molecule has 84 valence electrons. The SMILES string of the molecule is Cc1nc(COc2cccc(N)c2)n(C)n1. The van der Waals surface area contributed by atoms with Gasteiger partial charge in [-0.1, -0.05) is 6.07 Å². The van der Waals surface area contributed by atoms with Crippen molar-refractivity contribution in [3.8, 4) is 5.75 Å². The lowest BCUT2D eigenvalue weighted by atomic mass is 10.3. The van der Waals surface area contributed by atoms with Crippen LogP contribution in [-0.4, -0.2) is 14.8 Å². The first-order chi connectivity index (χ1) is 7.65. The standard InChI is InChI=1S/C11H14N4O/c1-8-13-11(15(2)14-8)7-16-10-5-3-4-9(12)6-10/h3-6H,7,12H2,1-2H3. The summed E-state index contributed by atoms with van der Waals surface area (Å²) in [5.74, 6) is 2.27. The molecule has 0 spiro atoms. The van der Waals surface area contributed by atoms with Crippen LogP contribution in [0.1, 0.15) is 11.6 Å². The van der Waals surface area contributed by atoms with E-state index in [1.165, 1.54) is 0 Å². The van der Waals surface area contributed by atoms with Gasteiger partial charge in [-0.2, -0.15) is 5.10 Å². The highest BCUT2D eigenvalue weighted by atomic mass is 16.5. The van der Waals surface area contributed by atoms with Gasteiger partial charge in [-0.15, -0.1) is 0 Å². The Morgan fingerprint density at radius 2 is 2.25 bits per heavy atom. The molecular weight excluding hydrogens is 204 g/mol. The van der Waals surface area contributed by atoms with Crippen molar-refractivity contribution in [3.63, 3.8) is 0 Å². The van der Waals surface area contributed by atoms with E-state index in [-0.39, 0.29) is 0 Å². The molecule has 1 heterocycles. The summed E-state index contributed by atoms with van der Waals surface area (Å²) in [4.78, 5) is 4.24. The summed E-state index contributed by atoms with van der Waals surface area (Å²) in [6.45, 7) is 2.24. The number of aryl methyl sites for hydroxylation is 2. The third kappa shape index (κ3) is 2.31. The molecule has 0 aliphatic heterocycles. The van der Waals surface area contributed by atoms with Crippen LogP contribution in [0.2, 0.25) is 0 Å². The van der Waals surface area contributed by atoms with Crippen LogP contribution in [0.25, 0.3) is 0 Å². The maximum atomic E-state index is 5.65. The number of rotatable bonds is 3. The molecule has 0 saturated heterocycles. The lowest BCUT2D eigenvalue weighted by Crippen LogP contribution is -2.04. The third-order valence-electron chi connectivity index (χ3n) is 2.19. The van der Waals surface area contributed by atoms with Crippen LogP contribution in [0.5, 0.6) is 5.75 Å². The molecule has 2 N–H and O–H groups in total. The van der Waals surface area contributed by atoms with Crippen LogP contribution in [-0.2, 0) is 13.7 Å². The maximum absolute atomic E-state index is 5.65. The minimum atomic E-state index is 0.390. The second kappa shape index (κ2) is 4.22. The predicted octanol–water partition coefficient (Wildman–Crippen LogP) is 1.28. The number of nitrogens with zero attached hydrogens (tertiary/aromatic N) is 3. The second-order valence-corrected chi connectivity index (χ2v) is 3.56. The number of hydrogen-bond donors (Lipinski definition) is 1. The van der Waals surface area contributed by atoms with Gasteiger partial charge < -0.3 is 10.5 Å². The molecule has 0 amide bonds. The first-order valence-corrected chi connectivity index (χ1v) is 5.00. The quantitative estimate of drug-likeness (QED) is 0.788. The number of hydrogen-bond acceptors (Lipinski definition) is 4. The van der Waals surface area contributed by atoms with Crippen LogP contribution in [0.15, 0.2) is 24.3 Å². The van der Waals surface area contributed by atoms with Gasteiger partial charge in [0.1, 0.15) is 18.2 Å². The van der Waals surface area contributed by atoms with Crippen LogP contribution < -0.4 is 10.5 Å². The van der Waals surface area contributed by atoms with Gasteiger partial charge in [-0.05, 0) is 19.1 Å². The predicted molar refractivity (Wildman–Crippen MR) is 60.9 cm³/mol. The van der Waals surface area contributed by atoms with E-state index >= 15 is 0 Å². The van der Waals surface area contributed by atoms with Crippen molar-refractivity contribution in [1.29, 1.82) is 0 Å². The van der Waals surface area contributed by atoms with E-state index in [9.17, 15) is 0 Å². The summed E-state index contributed by atoms with van der Waals surface area (Å²) in [5, 5.41) is 4.14. The van der Waals surface area contributed by atoms with Gasteiger partial charge in [-0.25, -0.2) is 9.67 Å². The Morgan fingerprint density at radius 1 is 1.44 bits per heavy atom. The molecule has 5 heteroatoms. The van der Waals surface area contributed by atoms with Crippen molar-refractivity contribution < 1.29 is 4.74 Å². The Kier molecular flexibility index (Phi) is 2.76. The highest BCUT2D eigenvalue weighted by Gasteiger charge is 2.04. The summed E-state index contributed by atoms with van der Waals surface area (Å²) < 4.78 is 7.27. The van der Waals surface area contributed by atoms with E-state index in [1.807, 2.05) is 32.2 Å². The molecule has 0 unspecified atom stereocenters. The van der Waals surface area contributed by atoms with Crippen molar-refractivity contribution in [2.45, 2.75) is 13.5 Å².